The molecule has 100 valence electrons. The molecule has 0 bridgehead atoms. The van der Waals surface area contributed by atoms with Gasteiger partial charge in [0.2, 0.25) is 11.7 Å². The lowest BCUT2D eigenvalue weighted by molar-refractivity contribution is -0.121. The summed E-state index contributed by atoms with van der Waals surface area (Å²) in [5.41, 5.74) is 0.730. The highest BCUT2D eigenvalue weighted by Crippen LogP contribution is 2.21. The molecule has 3 nitrogen and oxygen atoms in total. The van der Waals surface area contributed by atoms with Crippen LogP contribution < -0.4 is 5.32 Å². The quantitative estimate of drug-likeness (QED) is 0.829. The molecule has 2 heterocycles. The van der Waals surface area contributed by atoms with Crippen LogP contribution >= 0.6 is 22.7 Å². The molecule has 0 atom stereocenters. The van der Waals surface area contributed by atoms with Crippen LogP contribution in [0.1, 0.15) is 39.9 Å². The molecule has 2 rings (SSSR count). The minimum atomic E-state index is 0.0531. The normalized spacial score (nSPS) is 10.4. The van der Waals surface area contributed by atoms with Gasteiger partial charge in [-0.1, -0.05) is 6.92 Å². The minimum Gasteiger partial charge on any atom is -0.351 e. The number of carbonyl (C=O) groups is 2. The van der Waals surface area contributed by atoms with E-state index in [1.807, 2.05) is 35.9 Å². The molecule has 0 saturated carbocycles. The Morgan fingerprint density at radius 2 is 2.11 bits per heavy atom. The van der Waals surface area contributed by atoms with Crippen molar-refractivity contribution < 1.29 is 9.59 Å². The van der Waals surface area contributed by atoms with Crippen LogP contribution in [0, 0.1) is 0 Å². The predicted molar refractivity (Wildman–Crippen MR) is 78.8 cm³/mol. The SMILES string of the molecule is CCCC(=O)NCc1ccc(C(=O)c2ccsc2)s1. The first-order valence-electron chi connectivity index (χ1n) is 6.13. The van der Waals surface area contributed by atoms with Gasteiger partial charge in [0.15, 0.2) is 0 Å². The third-order valence-electron chi connectivity index (χ3n) is 2.61. The van der Waals surface area contributed by atoms with Gasteiger partial charge in [-0.25, -0.2) is 0 Å². The van der Waals surface area contributed by atoms with E-state index in [0.717, 1.165) is 21.7 Å². The highest BCUT2D eigenvalue weighted by Gasteiger charge is 2.12. The molecule has 2 aromatic heterocycles. The van der Waals surface area contributed by atoms with Crippen molar-refractivity contribution in [3.63, 3.8) is 0 Å². The van der Waals surface area contributed by atoms with E-state index in [-0.39, 0.29) is 11.7 Å². The standard InChI is InChI=1S/C14H15NO2S2/c1-2-3-13(16)15-8-11-4-5-12(19-11)14(17)10-6-7-18-9-10/h4-7,9H,2-3,8H2,1H3,(H,15,16). The van der Waals surface area contributed by atoms with Crippen LogP contribution in [0.25, 0.3) is 0 Å². The summed E-state index contributed by atoms with van der Waals surface area (Å²) in [5, 5.41) is 6.60. The highest BCUT2D eigenvalue weighted by molar-refractivity contribution is 7.14. The Labute approximate surface area is 120 Å². The molecule has 1 amide bonds. The van der Waals surface area contributed by atoms with E-state index < -0.39 is 0 Å². The lowest BCUT2D eigenvalue weighted by Gasteiger charge is -2.01. The van der Waals surface area contributed by atoms with E-state index in [0.29, 0.717) is 13.0 Å². The smallest absolute Gasteiger partial charge is 0.220 e. The maximum atomic E-state index is 12.1. The van der Waals surface area contributed by atoms with Crippen LogP contribution in [0.2, 0.25) is 0 Å². The van der Waals surface area contributed by atoms with Crippen molar-refractivity contribution in [2.45, 2.75) is 26.3 Å². The van der Waals surface area contributed by atoms with Crippen molar-refractivity contribution in [2.75, 3.05) is 0 Å². The van der Waals surface area contributed by atoms with E-state index in [1.54, 1.807) is 0 Å². The van der Waals surface area contributed by atoms with E-state index in [9.17, 15) is 9.59 Å². The van der Waals surface area contributed by atoms with E-state index >= 15 is 0 Å². The molecular weight excluding hydrogens is 278 g/mol. The third kappa shape index (κ3) is 3.75. The summed E-state index contributed by atoms with van der Waals surface area (Å²) in [4.78, 5) is 25.2. The third-order valence-corrected chi connectivity index (χ3v) is 4.37. The number of amides is 1. The van der Waals surface area contributed by atoms with Crippen LogP contribution in [0.3, 0.4) is 0 Å². The van der Waals surface area contributed by atoms with Crippen molar-refractivity contribution in [1.82, 2.24) is 5.32 Å². The van der Waals surface area contributed by atoms with E-state index in [2.05, 4.69) is 5.32 Å². The molecule has 5 heteroatoms. The van der Waals surface area contributed by atoms with Crippen molar-refractivity contribution in [3.8, 4) is 0 Å². The predicted octanol–water partition coefficient (Wildman–Crippen LogP) is 3.46. The maximum Gasteiger partial charge on any atom is 0.220 e. The van der Waals surface area contributed by atoms with Crippen LogP contribution in [-0.2, 0) is 11.3 Å². The number of nitrogens with one attached hydrogen (secondary N) is 1. The Morgan fingerprint density at radius 1 is 1.26 bits per heavy atom. The molecule has 0 aliphatic rings. The molecule has 0 spiro atoms. The summed E-state index contributed by atoms with van der Waals surface area (Å²) in [6, 6.07) is 5.55. The number of hydrogen-bond acceptors (Lipinski definition) is 4. The monoisotopic (exact) mass is 293 g/mol. The zero-order valence-corrected chi connectivity index (χ0v) is 12.3. The first-order chi connectivity index (χ1) is 9.20. The molecule has 0 aliphatic carbocycles. The summed E-state index contributed by atoms with van der Waals surface area (Å²) >= 11 is 2.96. The van der Waals surface area contributed by atoms with Gasteiger partial charge in [0.1, 0.15) is 0 Å². The summed E-state index contributed by atoms with van der Waals surface area (Å²) in [5.74, 6) is 0.110. The average Bonchev–Trinajstić information content (AvgIpc) is 3.07. The Kier molecular flexibility index (Phi) is 4.87. The van der Waals surface area contributed by atoms with Crippen LogP contribution in [0.4, 0.5) is 0 Å². The molecule has 0 radical (unpaired) electrons. The van der Waals surface area contributed by atoms with Crippen LogP contribution in [-0.4, -0.2) is 11.7 Å². The fraction of sp³-hybridized carbons (Fsp3) is 0.286. The van der Waals surface area contributed by atoms with Crippen molar-refractivity contribution in [3.05, 3.63) is 44.3 Å². The number of carbonyl (C=O) groups excluding carboxylic acids is 2. The Morgan fingerprint density at radius 3 is 2.79 bits per heavy atom. The second-order valence-corrected chi connectivity index (χ2v) is 6.08. The molecule has 0 aromatic carbocycles. The van der Waals surface area contributed by atoms with E-state index in [4.69, 9.17) is 0 Å². The number of thiophene rings is 2. The van der Waals surface area contributed by atoms with Crippen molar-refractivity contribution in [2.24, 2.45) is 0 Å². The summed E-state index contributed by atoms with van der Waals surface area (Å²) < 4.78 is 0. The van der Waals surface area contributed by atoms with Gasteiger partial charge >= 0.3 is 0 Å². The van der Waals surface area contributed by atoms with Gasteiger partial charge in [-0.15, -0.1) is 11.3 Å². The summed E-state index contributed by atoms with van der Waals surface area (Å²) in [7, 11) is 0. The molecular formula is C14H15NO2S2. The number of hydrogen-bond donors (Lipinski definition) is 1. The number of ketones is 1. The molecule has 2 aromatic rings. The second-order valence-electron chi connectivity index (χ2n) is 4.13. The molecule has 0 fully saturated rings. The van der Waals surface area contributed by atoms with Crippen LogP contribution in [0.15, 0.2) is 29.0 Å². The molecule has 0 unspecified atom stereocenters. The topological polar surface area (TPSA) is 46.2 Å². The van der Waals surface area contributed by atoms with Gasteiger partial charge in [-0.05, 0) is 30.0 Å². The summed E-state index contributed by atoms with van der Waals surface area (Å²) in [6.07, 6.45) is 1.39. The fourth-order valence-electron chi connectivity index (χ4n) is 1.63. The lowest BCUT2D eigenvalue weighted by atomic mass is 10.2. The second kappa shape index (κ2) is 6.63. The Hall–Kier alpha value is -1.46. The molecule has 0 aliphatic heterocycles. The number of rotatable bonds is 6. The first kappa shape index (κ1) is 14.0. The Bertz CT molecular complexity index is 558. The van der Waals surface area contributed by atoms with Gasteiger partial charge in [0, 0.05) is 22.2 Å². The highest BCUT2D eigenvalue weighted by atomic mass is 32.1. The van der Waals surface area contributed by atoms with Gasteiger partial charge < -0.3 is 5.32 Å². The maximum absolute atomic E-state index is 12.1. The van der Waals surface area contributed by atoms with Gasteiger partial charge in [0.05, 0.1) is 11.4 Å². The zero-order valence-electron chi connectivity index (χ0n) is 10.6. The molecule has 0 saturated heterocycles. The fourth-order valence-corrected chi connectivity index (χ4v) is 3.18. The van der Waals surface area contributed by atoms with Gasteiger partial charge in [-0.2, -0.15) is 11.3 Å². The summed E-state index contributed by atoms with van der Waals surface area (Å²) in [6.45, 7) is 2.47. The lowest BCUT2D eigenvalue weighted by Crippen LogP contribution is -2.21. The molecule has 1 N–H and O–H groups in total. The Balaban J connectivity index is 1.96. The molecule has 19 heavy (non-hydrogen) atoms. The van der Waals surface area contributed by atoms with E-state index in [1.165, 1.54) is 22.7 Å². The first-order valence-corrected chi connectivity index (χ1v) is 7.89. The van der Waals surface area contributed by atoms with Crippen molar-refractivity contribution in [1.29, 1.82) is 0 Å². The largest absolute Gasteiger partial charge is 0.351 e. The minimum absolute atomic E-state index is 0.0531. The van der Waals surface area contributed by atoms with Gasteiger partial charge in [-0.3, -0.25) is 9.59 Å². The van der Waals surface area contributed by atoms with Crippen LogP contribution in [0.5, 0.6) is 0 Å². The van der Waals surface area contributed by atoms with Gasteiger partial charge in [0.25, 0.3) is 0 Å². The average molecular weight is 293 g/mol. The zero-order chi connectivity index (χ0) is 13.7. The van der Waals surface area contributed by atoms with Crippen molar-refractivity contribution >= 4 is 34.4 Å².